The van der Waals surface area contributed by atoms with E-state index in [9.17, 15) is 40.7 Å². The number of carbonyl (C=O) groups excluding carboxylic acids is 3. The number of aromatic nitrogens is 2. The summed E-state index contributed by atoms with van der Waals surface area (Å²) in [4.78, 5) is 35.3. The Morgan fingerprint density at radius 2 is 1.81 bits per heavy atom. The molecule has 2 N–H and O–H groups in total. The topological polar surface area (TPSA) is 102 Å². The Labute approximate surface area is 170 Å². The molecule has 1 aromatic carbocycles. The minimum Gasteiger partial charge on any atom is -0.451 e. The van der Waals surface area contributed by atoms with E-state index in [1.165, 1.54) is 0 Å². The molecule has 31 heavy (non-hydrogen) atoms. The van der Waals surface area contributed by atoms with Crippen molar-refractivity contribution in [2.24, 2.45) is 0 Å². The summed E-state index contributed by atoms with van der Waals surface area (Å²) in [6.45, 7) is -0.304. The van der Waals surface area contributed by atoms with Crippen LogP contribution in [0.5, 0.6) is 0 Å². The fourth-order valence-electron chi connectivity index (χ4n) is 2.15. The van der Waals surface area contributed by atoms with Gasteiger partial charge in [-0.1, -0.05) is 0 Å². The van der Waals surface area contributed by atoms with Crippen LogP contribution >= 0.6 is 0 Å². The zero-order valence-electron chi connectivity index (χ0n) is 15.6. The number of benzene rings is 1. The second kappa shape index (κ2) is 9.49. The van der Waals surface area contributed by atoms with E-state index >= 15 is 0 Å². The van der Waals surface area contributed by atoms with Crippen LogP contribution in [0.25, 0.3) is 0 Å². The fourth-order valence-corrected chi connectivity index (χ4v) is 2.15. The summed E-state index contributed by atoms with van der Waals surface area (Å²) in [5, 5.41) is 7.11. The molecule has 0 saturated carbocycles. The van der Waals surface area contributed by atoms with E-state index in [2.05, 4.69) is 10.4 Å². The van der Waals surface area contributed by atoms with Crippen molar-refractivity contribution in [1.29, 1.82) is 0 Å². The van der Waals surface area contributed by atoms with E-state index in [4.69, 9.17) is 4.74 Å². The van der Waals surface area contributed by atoms with Crippen LogP contribution in [0.4, 0.5) is 32.0 Å². The van der Waals surface area contributed by atoms with Gasteiger partial charge < -0.3 is 15.4 Å². The number of nitrogens with one attached hydrogen (secondary N) is 2. The summed E-state index contributed by atoms with van der Waals surface area (Å²) in [5.41, 5.74) is -1.87. The smallest absolute Gasteiger partial charge is 0.435 e. The maximum absolute atomic E-state index is 13.5. The Morgan fingerprint density at radius 3 is 2.42 bits per heavy atom. The highest BCUT2D eigenvalue weighted by Gasteiger charge is 2.33. The minimum absolute atomic E-state index is 0.589. The predicted molar refractivity (Wildman–Crippen MR) is 90.7 cm³/mol. The molecule has 0 fully saturated rings. The van der Waals surface area contributed by atoms with Gasteiger partial charge in [0.1, 0.15) is 6.54 Å². The Balaban J connectivity index is 1.81. The predicted octanol–water partition coefficient (Wildman–Crippen LogP) is 2.01. The molecule has 1 heterocycles. The second-order valence-corrected chi connectivity index (χ2v) is 6.02. The van der Waals surface area contributed by atoms with Crippen molar-refractivity contribution in [3.63, 3.8) is 0 Å². The van der Waals surface area contributed by atoms with E-state index < -0.39 is 72.0 Å². The molecule has 8 nitrogen and oxygen atoms in total. The van der Waals surface area contributed by atoms with Gasteiger partial charge in [-0.05, 0) is 25.1 Å². The van der Waals surface area contributed by atoms with Gasteiger partial charge in [-0.15, -0.1) is 0 Å². The average Bonchev–Trinajstić information content (AvgIpc) is 3.15. The van der Waals surface area contributed by atoms with E-state index in [-0.39, 0.29) is 0 Å². The number of alkyl halides is 3. The number of esters is 1. The summed E-state index contributed by atoms with van der Waals surface area (Å²) in [6, 6.07) is 2.01. The first-order valence-electron chi connectivity index (χ1n) is 8.39. The van der Waals surface area contributed by atoms with E-state index in [1.54, 1.807) is 0 Å². The van der Waals surface area contributed by atoms with Gasteiger partial charge in [-0.25, -0.2) is 13.2 Å². The number of ether oxygens (including phenoxy) is 1. The van der Waals surface area contributed by atoms with Gasteiger partial charge in [0, 0.05) is 6.20 Å². The summed E-state index contributed by atoms with van der Waals surface area (Å²) < 4.78 is 82.3. The van der Waals surface area contributed by atoms with Crippen molar-refractivity contribution in [2.75, 3.05) is 11.9 Å². The van der Waals surface area contributed by atoms with Crippen LogP contribution in [0, 0.1) is 17.5 Å². The largest absolute Gasteiger partial charge is 0.451 e. The zero-order valence-corrected chi connectivity index (χ0v) is 15.6. The van der Waals surface area contributed by atoms with Gasteiger partial charge in [-0.2, -0.15) is 18.3 Å². The SMILES string of the molecule is CC(OC(=O)Cn1ccc(C(F)(F)F)n1)C(=O)NCC(=O)Nc1ccc(F)c(F)c1F. The van der Waals surface area contributed by atoms with Crippen LogP contribution in [0.2, 0.25) is 0 Å². The van der Waals surface area contributed by atoms with Crippen LogP contribution in [-0.2, 0) is 31.8 Å². The first-order chi connectivity index (χ1) is 14.4. The molecule has 2 rings (SSSR count). The number of amides is 2. The number of anilines is 1. The van der Waals surface area contributed by atoms with Crippen molar-refractivity contribution >= 4 is 23.5 Å². The van der Waals surface area contributed by atoms with Gasteiger partial charge in [0.05, 0.1) is 12.2 Å². The molecule has 0 aliphatic rings. The van der Waals surface area contributed by atoms with Crippen molar-refractivity contribution in [3.8, 4) is 0 Å². The number of carbonyl (C=O) groups is 3. The van der Waals surface area contributed by atoms with Crippen molar-refractivity contribution in [3.05, 3.63) is 47.5 Å². The lowest BCUT2D eigenvalue weighted by atomic mass is 10.2. The van der Waals surface area contributed by atoms with Crippen LogP contribution in [0.3, 0.4) is 0 Å². The summed E-state index contributed by atoms with van der Waals surface area (Å²) in [6.07, 6.45) is -5.22. The lowest BCUT2D eigenvalue weighted by Crippen LogP contribution is -2.40. The molecule has 1 unspecified atom stereocenters. The monoisotopic (exact) mass is 452 g/mol. The average molecular weight is 452 g/mol. The highest BCUT2D eigenvalue weighted by Crippen LogP contribution is 2.27. The molecule has 0 bridgehead atoms. The Bertz CT molecular complexity index is 991. The molecule has 0 spiro atoms. The quantitative estimate of drug-likeness (QED) is 0.380. The molecule has 0 radical (unpaired) electrons. The van der Waals surface area contributed by atoms with E-state index in [0.29, 0.717) is 16.8 Å². The molecule has 1 atom stereocenters. The van der Waals surface area contributed by atoms with Crippen molar-refractivity contribution in [2.45, 2.75) is 25.7 Å². The Morgan fingerprint density at radius 1 is 1.13 bits per heavy atom. The normalized spacial score (nSPS) is 12.2. The lowest BCUT2D eigenvalue weighted by molar-refractivity contribution is -0.156. The summed E-state index contributed by atoms with van der Waals surface area (Å²) in [7, 11) is 0. The zero-order chi connectivity index (χ0) is 23.3. The maximum atomic E-state index is 13.5. The highest BCUT2D eigenvalue weighted by atomic mass is 19.4. The van der Waals surface area contributed by atoms with Gasteiger partial charge in [-0.3, -0.25) is 19.1 Å². The fraction of sp³-hybridized carbons (Fsp3) is 0.294. The van der Waals surface area contributed by atoms with Crippen LogP contribution < -0.4 is 10.6 Å². The first-order valence-corrected chi connectivity index (χ1v) is 8.39. The molecule has 0 aliphatic heterocycles. The molecule has 0 aliphatic carbocycles. The van der Waals surface area contributed by atoms with Crippen LogP contribution in [0.15, 0.2) is 24.4 Å². The number of hydrogen-bond donors (Lipinski definition) is 2. The van der Waals surface area contributed by atoms with E-state index in [1.807, 2.05) is 5.32 Å². The third-order valence-corrected chi connectivity index (χ3v) is 3.63. The molecule has 14 heteroatoms. The molecule has 1 aromatic heterocycles. The Kier molecular flexibility index (Phi) is 7.25. The van der Waals surface area contributed by atoms with Crippen molar-refractivity contribution in [1.82, 2.24) is 15.1 Å². The summed E-state index contributed by atoms with van der Waals surface area (Å²) >= 11 is 0. The third-order valence-electron chi connectivity index (χ3n) is 3.63. The second-order valence-electron chi connectivity index (χ2n) is 6.02. The van der Waals surface area contributed by atoms with Gasteiger partial charge in [0.25, 0.3) is 5.91 Å². The van der Waals surface area contributed by atoms with Crippen LogP contribution in [0.1, 0.15) is 12.6 Å². The van der Waals surface area contributed by atoms with E-state index in [0.717, 1.165) is 19.2 Å². The Hall–Kier alpha value is -3.58. The standard InChI is InChI=1S/C17H14F6N4O4/c1-8(31-13(29)7-27-5-4-11(26-27)17(21,22)23)16(30)24-6-12(28)25-10-3-2-9(18)14(19)15(10)20/h2-5,8H,6-7H2,1H3,(H,24,30)(H,25,28). The molecular weight excluding hydrogens is 438 g/mol. The molecule has 168 valence electrons. The highest BCUT2D eigenvalue weighted by molar-refractivity contribution is 5.95. The first kappa shape index (κ1) is 23.7. The van der Waals surface area contributed by atoms with Crippen LogP contribution in [-0.4, -0.2) is 40.2 Å². The number of halogens is 6. The molecule has 2 aromatic rings. The lowest BCUT2D eigenvalue weighted by Gasteiger charge is -2.14. The maximum Gasteiger partial charge on any atom is 0.435 e. The van der Waals surface area contributed by atoms with Gasteiger partial charge in [0.15, 0.2) is 29.2 Å². The summed E-state index contributed by atoms with van der Waals surface area (Å²) in [5.74, 6) is -7.90. The molecule has 0 saturated heterocycles. The molecular formula is C17H14F6N4O4. The number of nitrogens with zero attached hydrogens (tertiary/aromatic N) is 2. The third kappa shape index (κ3) is 6.45. The number of rotatable bonds is 7. The number of hydrogen-bond acceptors (Lipinski definition) is 5. The van der Waals surface area contributed by atoms with Gasteiger partial charge in [0.2, 0.25) is 5.91 Å². The van der Waals surface area contributed by atoms with Crippen molar-refractivity contribution < 1.29 is 45.5 Å². The minimum atomic E-state index is -4.69. The molecule has 2 amide bonds. The van der Waals surface area contributed by atoms with Gasteiger partial charge >= 0.3 is 12.1 Å².